The minimum absolute atomic E-state index is 0.437. The van der Waals surface area contributed by atoms with Gasteiger partial charge < -0.3 is 11.5 Å². The molecule has 0 saturated heterocycles. The lowest BCUT2D eigenvalue weighted by Crippen LogP contribution is -2.40. The highest BCUT2D eigenvalue weighted by molar-refractivity contribution is 7.81. The Kier molecular flexibility index (Phi) is 2.64. The lowest BCUT2D eigenvalue weighted by molar-refractivity contribution is 0.607. The molecule has 0 aromatic heterocycles. The predicted octanol–water partition coefficient (Wildman–Crippen LogP) is -0.0601. The SMILES string of the molecule is CCC(N)(S)CN. The number of rotatable bonds is 2. The van der Waals surface area contributed by atoms with Crippen LogP contribution in [0.1, 0.15) is 13.3 Å². The van der Waals surface area contributed by atoms with Crippen LogP contribution in [0.25, 0.3) is 0 Å². The highest BCUT2D eigenvalue weighted by Crippen LogP contribution is 2.06. The third-order valence-electron chi connectivity index (χ3n) is 0.966. The van der Waals surface area contributed by atoms with E-state index >= 15 is 0 Å². The minimum Gasteiger partial charge on any atom is -0.328 e. The molecule has 44 valence electrons. The van der Waals surface area contributed by atoms with Crippen LogP contribution in [-0.2, 0) is 0 Å². The molecule has 0 aromatic rings. The Morgan fingerprint density at radius 3 is 2.14 bits per heavy atom. The molecule has 1 unspecified atom stereocenters. The molecule has 0 heterocycles. The smallest absolute Gasteiger partial charge is 0.0711 e. The summed E-state index contributed by atoms with van der Waals surface area (Å²) in [6, 6.07) is 0. The Balaban J connectivity index is 3.36. The van der Waals surface area contributed by atoms with E-state index in [0.717, 1.165) is 6.42 Å². The van der Waals surface area contributed by atoms with Crippen LogP contribution in [-0.4, -0.2) is 11.4 Å². The Morgan fingerprint density at radius 2 is 2.14 bits per heavy atom. The maximum absolute atomic E-state index is 5.45. The summed E-state index contributed by atoms with van der Waals surface area (Å²) in [7, 11) is 0. The van der Waals surface area contributed by atoms with Crippen LogP contribution in [0.3, 0.4) is 0 Å². The molecule has 2 nitrogen and oxygen atoms in total. The predicted molar refractivity (Wildman–Crippen MR) is 35.2 cm³/mol. The van der Waals surface area contributed by atoms with E-state index in [2.05, 4.69) is 12.6 Å². The van der Waals surface area contributed by atoms with E-state index in [4.69, 9.17) is 11.5 Å². The van der Waals surface area contributed by atoms with Gasteiger partial charge in [-0.3, -0.25) is 0 Å². The summed E-state index contributed by atoms with van der Waals surface area (Å²) in [5.41, 5.74) is 10.7. The monoisotopic (exact) mass is 120 g/mol. The van der Waals surface area contributed by atoms with E-state index in [1.54, 1.807) is 0 Å². The van der Waals surface area contributed by atoms with Crippen molar-refractivity contribution in [1.82, 2.24) is 0 Å². The first-order valence-corrected chi connectivity index (χ1v) is 2.78. The zero-order valence-corrected chi connectivity index (χ0v) is 5.41. The van der Waals surface area contributed by atoms with Gasteiger partial charge in [0.2, 0.25) is 0 Å². The molecule has 3 heteroatoms. The van der Waals surface area contributed by atoms with Crippen molar-refractivity contribution in [3.05, 3.63) is 0 Å². The highest BCUT2D eigenvalue weighted by atomic mass is 32.1. The summed E-state index contributed by atoms with van der Waals surface area (Å²) >= 11 is 4.04. The van der Waals surface area contributed by atoms with Gasteiger partial charge in [0.15, 0.2) is 0 Å². The quantitative estimate of drug-likeness (QED) is 0.353. The highest BCUT2D eigenvalue weighted by Gasteiger charge is 2.12. The van der Waals surface area contributed by atoms with Gasteiger partial charge in [-0.2, -0.15) is 12.6 Å². The fourth-order valence-electron chi connectivity index (χ4n) is 0.144. The fraction of sp³-hybridized carbons (Fsp3) is 1.00. The van der Waals surface area contributed by atoms with Crippen LogP contribution in [0, 0.1) is 0 Å². The Labute approximate surface area is 49.7 Å². The summed E-state index contributed by atoms with van der Waals surface area (Å²) < 4.78 is 0. The van der Waals surface area contributed by atoms with Crippen molar-refractivity contribution in [2.75, 3.05) is 6.54 Å². The van der Waals surface area contributed by atoms with Crippen molar-refractivity contribution in [1.29, 1.82) is 0 Å². The van der Waals surface area contributed by atoms with E-state index in [9.17, 15) is 0 Å². The lowest BCUT2D eigenvalue weighted by atomic mass is 10.2. The second-order valence-corrected chi connectivity index (χ2v) is 2.55. The molecular formula is C4H12N2S. The molecule has 0 spiro atoms. The molecule has 1 atom stereocenters. The van der Waals surface area contributed by atoms with Crippen LogP contribution >= 0.6 is 12.6 Å². The fourth-order valence-corrected chi connectivity index (χ4v) is 0.144. The molecule has 0 fully saturated rings. The van der Waals surface area contributed by atoms with Crippen LogP contribution in [0.15, 0.2) is 0 Å². The molecule has 4 N–H and O–H groups in total. The molecule has 0 bridgehead atoms. The Hall–Kier alpha value is 0.270. The van der Waals surface area contributed by atoms with Crippen molar-refractivity contribution >= 4 is 12.6 Å². The third kappa shape index (κ3) is 2.91. The summed E-state index contributed by atoms with van der Waals surface area (Å²) in [4.78, 5) is -0.444. The largest absolute Gasteiger partial charge is 0.328 e. The maximum atomic E-state index is 5.45. The van der Waals surface area contributed by atoms with E-state index < -0.39 is 4.87 Å². The number of thiol groups is 1. The van der Waals surface area contributed by atoms with Crippen molar-refractivity contribution in [3.63, 3.8) is 0 Å². The molecule has 0 aromatic carbocycles. The summed E-state index contributed by atoms with van der Waals surface area (Å²) in [6.07, 6.45) is 0.812. The number of nitrogens with two attached hydrogens (primary N) is 2. The minimum atomic E-state index is -0.444. The molecule has 0 saturated carbocycles. The first-order valence-electron chi connectivity index (χ1n) is 2.33. The van der Waals surface area contributed by atoms with Crippen molar-refractivity contribution in [2.24, 2.45) is 11.5 Å². The van der Waals surface area contributed by atoms with Crippen molar-refractivity contribution in [2.45, 2.75) is 18.2 Å². The Morgan fingerprint density at radius 1 is 1.71 bits per heavy atom. The third-order valence-corrected chi connectivity index (χ3v) is 1.46. The van der Waals surface area contributed by atoms with E-state index in [1.165, 1.54) is 0 Å². The average molecular weight is 120 g/mol. The van der Waals surface area contributed by atoms with Gasteiger partial charge in [0, 0.05) is 6.54 Å². The zero-order chi connectivity index (χ0) is 5.91. The topological polar surface area (TPSA) is 52.0 Å². The van der Waals surface area contributed by atoms with Gasteiger partial charge in [-0.15, -0.1) is 0 Å². The molecule has 0 aliphatic rings. The summed E-state index contributed by atoms with van der Waals surface area (Å²) in [5, 5.41) is 0. The van der Waals surface area contributed by atoms with Crippen LogP contribution in [0.5, 0.6) is 0 Å². The van der Waals surface area contributed by atoms with Crippen LogP contribution < -0.4 is 11.5 Å². The molecular weight excluding hydrogens is 108 g/mol. The molecule has 0 amide bonds. The standard InChI is InChI=1S/C4H12N2S/c1-2-4(6,7)3-5/h7H,2-3,5-6H2,1H3. The van der Waals surface area contributed by atoms with Gasteiger partial charge in [0.05, 0.1) is 4.87 Å². The molecule has 7 heavy (non-hydrogen) atoms. The van der Waals surface area contributed by atoms with Gasteiger partial charge in [0.1, 0.15) is 0 Å². The van der Waals surface area contributed by atoms with E-state index in [-0.39, 0.29) is 0 Å². The number of hydrogen-bond acceptors (Lipinski definition) is 3. The summed E-state index contributed by atoms with van der Waals surface area (Å²) in [6.45, 7) is 2.40. The van der Waals surface area contributed by atoms with Crippen molar-refractivity contribution in [3.8, 4) is 0 Å². The normalized spacial score (nSPS) is 18.9. The van der Waals surface area contributed by atoms with Crippen LogP contribution in [0.4, 0.5) is 0 Å². The molecule has 0 radical (unpaired) electrons. The van der Waals surface area contributed by atoms with Crippen molar-refractivity contribution < 1.29 is 0 Å². The number of hydrogen-bond donors (Lipinski definition) is 3. The summed E-state index contributed by atoms with van der Waals surface area (Å²) in [5.74, 6) is 0. The Bertz CT molecular complexity index is 47.7. The lowest BCUT2D eigenvalue weighted by Gasteiger charge is -2.17. The zero-order valence-electron chi connectivity index (χ0n) is 4.52. The van der Waals surface area contributed by atoms with Gasteiger partial charge in [-0.1, -0.05) is 6.92 Å². The van der Waals surface area contributed by atoms with Gasteiger partial charge in [-0.05, 0) is 6.42 Å². The molecule has 0 rings (SSSR count). The van der Waals surface area contributed by atoms with Gasteiger partial charge >= 0.3 is 0 Å². The first-order chi connectivity index (χ1) is 3.12. The van der Waals surface area contributed by atoms with Gasteiger partial charge in [-0.25, -0.2) is 0 Å². The van der Waals surface area contributed by atoms with Gasteiger partial charge in [0.25, 0.3) is 0 Å². The first kappa shape index (κ1) is 7.27. The second kappa shape index (κ2) is 2.55. The average Bonchev–Trinajstić information content (AvgIpc) is 1.68. The molecule has 0 aliphatic heterocycles. The van der Waals surface area contributed by atoms with E-state index in [0.29, 0.717) is 6.54 Å². The van der Waals surface area contributed by atoms with Crippen LogP contribution in [0.2, 0.25) is 0 Å². The second-order valence-electron chi connectivity index (χ2n) is 1.66. The maximum Gasteiger partial charge on any atom is 0.0711 e. The van der Waals surface area contributed by atoms with E-state index in [1.807, 2.05) is 6.92 Å². The molecule has 0 aliphatic carbocycles.